The first-order chi connectivity index (χ1) is 12.5. The molecule has 0 saturated carbocycles. The predicted molar refractivity (Wildman–Crippen MR) is 104 cm³/mol. The zero-order chi connectivity index (χ0) is 18.7. The Balaban J connectivity index is 1.84. The molecule has 0 aliphatic rings. The number of rotatable bonds is 6. The monoisotopic (exact) mass is 350 g/mol. The normalized spacial score (nSPS) is 12.7. The van der Waals surface area contributed by atoms with Crippen LogP contribution in [-0.4, -0.2) is 20.7 Å². The number of amides is 1. The number of aromatic nitrogens is 3. The quantitative estimate of drug-likeness (QED) is 0.710. The second-order valence-electron chi connectivity index (χ2n) is 7.39. The number of nitrogens with zero attached hydrogens (tertiary/aromatic N) is 3. The van der Waals surface area contributed by atoms with E-state index in [9.17, 15) is 4.79 Å². The fourth-order valence-electron chi connectivity index (χ4n) is 3.12. The number of fused-ring (bicyclic) bond motifs is 1. The van der Waals surface area contributed by atoms with Crippen molar-refractivity contribution in [1.29, 1.82) is 0 Å². The van der Waals surface area contributed by atoms with Gasteiger partial charge in [0.1, 0.15) is 0 Å². The lowest BCUT2D eigenvalue weighted by Gasteiger charge is -2.21. The summed E-state index contributed by atoms with van der Waals surface area (Å²) in [5, 5.41) is 8.42. The van der Waals surface area contributed by atoms with Crippen LogP contribution in [0.25, 0.3) is 11.0 Å². The highest BCUT2D eigenvalue weighted by molar-refractivity contribution is 5.97. The molecule has 136 valence electrons. The molecule has 0 saturated heterocycles. The van der Waals surface area contributed by atoms with Crippen molar-refractivity contribution in [2.45, 2.75) is 46.2 Å². The third-order valence-corrected chi connectivity index (χ3v) is 4.40. The van der Waals surface area contributed by atoms with Gasteiger partial charge in [-0.25, -0.2) is 9.67 Å². The van der Waals surface area contributed by atoms with Crippen molar-refractivity contribution in [2.75, 3.05) is 0 Å². The van der Waals surface area contributed by atoms with Crippen LogP contribution in [0.3, 0.4) is 0 Å². The van der Waals surface area contributed by atoms with Crippen LogP contribution in [-0.2, 0) is 0 Å². The Morgan fingerprint density at radius 2 is 1.85 bits per heavy atom. The second kappa shape index (κ2) is 7.68. The molecule has 0 fully saturated rings. The van der Waals surface area contributed by atoms with Gasteiger partial charge in [-0.2, -0.15) is 5.10 Å². The summed E-state index contributed by atoms with van der Waals surface area (Å²) in [5.74, 6) is 0.372. The molecule has 1 aromatic carbocycles. The van der Waals surface area contributed by atoms with Crippen LogP contribution in [0.4, 0.5) is 0 Å². The van der Waals surface area contributed by atoms with Crippen LogP contribution in [0.2, 0.25) is 0 Å². The molecule has 26 heavy (non-hydrogen) atoms. The highest BCUT2D eigenvalue weighted by Gasteiger charge is 2.18. The lowest BCUT2D eigenvalue weighted by atomic mass is 9.96. The molecule has 3 rings (SSSR count). The summed E-state index contributed by atoms with van der Waals surface area (Å²) in [6.07, 6.45) is 4.29. The van der Waals surface area contributed by atoms with E-state index in [4.69, 9.17) is 0 Å². The summed E-state index contributed by atoms with van der Waals surface area (Å²) in [6, 6.07) is 12.2. The van der Waals surface area contributed by atoms with E-state index in [-0.39, 0.29) is 18.0 Å². The van der Waals surface area contributed by atoms with Gasteiger partial charge in [-0.1, -0.05) is 44.2 Å². The zero-order valence-electron chi connectivity index (χ0n) is 15.8. The molecule has 0 aliphatic heterocycles. The highest BCUT2D eigenvalue weighted by atomic mass is 16.1. The van der Waals surface area contributed by atoms with Crippen molar-refractivity contribution < 1.29 is 4.79 Å². The minimum atomic E-state index is -0.105. The Morgan fingerprint density at radius 3 is 2.50 bits per heavy atom. The van der Waals surface area contributed by atoms with Crippen molar-refractivity contribution in [3.05, 3.63) is 59.9 Å². The van der Waals surface area contributed by atoms with Crippen LogP contribution < -0.4 is 5.32 Å². The van der Waals surface area contributed by atoms with Gasteiger partial charge in [0.2, 0.25) is 0 Å². The van der Waals surface area contributed by atoms with E-state index < -0.39 is 0 Å². The SMILES string of the molecule is CC(C)CC(NC(=O)c1cnc2c(cnn2C(C)C)c1)c1ccccc1. The molecule has 0 aliphatic carbocycles. The van der Waals surface area contributed by atoms with Crippen LogP contribution in [0.15, 0.2) is 48.8 Å². The third-order valence-electron chi connectivity index (χ3n) is 4.40. The van der Waals surface area contributed by atoms with E-state index in [1.54, 1.807) is 12.4 Å². The van der Waals surface area contributed by atoms with E-state index in [1.807, 2.05) is 28.9 Å². The van der Waals surface area contributed by atoms with Gasteiger partial charge in [-0.05, 0) is 37.8 Å². The number of carbonyl (C=O) groups is 1. The summed E-state index contributed by atoms with van der Waals surface area (Å²) < 4.78 is 1.86. The molecule has 5 heteroatoms. The lowest BCUT2D eigenvalue weighted by Crippen LogP contribution is -2.29. The average Bonchev–Trinajstić information content (AvgIpc) is 3.05. The zero-order valence-corrected chi connectivity index (χ0v) is 15.8. The molecule has 1 N–H and O–H groups in total. The van der Waals surface area contributed by atoms with Crippen molar-refractivity contribution in [1.82, 2.24) is 20.1 Å². The first-order valence-corrected chi connectivity index (χ1v) is 9.14. The van der Waals surface area contributed by atoms with E-state index >= 15 is 0 Å². The molecule has 3 aromatic rings. The minimum absolute atomic E-state index is 0.0159. The van der Waals surface area contributed by atoms with Gasteiger partial charge in [0.15, 0.2) is 5.65 Å². The molecule has 0 spiro atoms. The summed E-state index contributed by atoms with van der Waals surface area (Å²) in [7, 11) is 0. The van der Waals surface area contributed by atoms with E-state index in [1.165, 1.54) is 0 Å². The van der Waals surface area contributed by atoms with Crippen molar-refractivity contribution in [2.24, 2.45) is 5.92 Å². The van der Waals surface area contributed by atoms with Gasteiger partial charge in [-0.3, -0.25) is 4.79 Å². The van der Waals surface area contributed by atoms with Gasteiger partial charge in [0, 0.05) is 17.6 Å². The number of pyridine rings is 1. The molecule has 2 aromatic heterocycles. The second-order valence-corrected chi connectivity index (χ2v) is 7.39. The first kappa shape index (κ1) is 18.1. The Labute approximate surface area is 154 Å². The highest BCUT2D eigenvalue weighted by Crippen LogP contribution is 2.22. The minimum Gasteiger partial charge on any atom is -0.345 e. The van der Waals surface area contributed by atoms with E-state index in [0.717, 1.165) is 23.0 Å². The van der Waals surface area contributed by atoms with E-state index in [0.29, 0.717) is 11.5 Å². The molecular weight excluding hydrogens is 324 g/mol. The molecule has 0 radical (unpaired) electrons. The maximum atomic E-state index is 12.8. The Kier molecular flexibility index (Phi) is 5.35. The van der Waals surface area contributed by atoms with Gasteiger partial charge in [0.05, 0.1) is 17.8 Å². The number of carbonyl (C=O) groups excluding carboxylic acids is 1. The third kappa shape index (κ3) is 3.93. The maximum Gasteiger partial charge on any atom is 0.253 e. The van der Waals surface area contributed by atoms with E-state index in [2.05, 4.69) is 55.2 Å². The van der Waals surface area contributed by atoms with Crippen LogP contribution in [0.1, 0.15) is 62.1 Å². The maximum absolute atomic E-state index is 12.8. The summed E-state index contributed by atoms with van der Waals surface area (Å²) in [6.45, 7) is 8.45. The van der Waals surface area contributed by atoms with Crippen LogP contribution in [0.5, 0.6) is 0 Å². The molecular formula is C21H26N4O. The van der Waals surface area contributed by atoms with Crippen LogP contribution in [0, 0.1) is 5.92 Å². The van der Waals surface area contributed by atoms with Gasteiger partial charge < -0.3 is 5.32 Å². The number of nitrogens with one attached hydrogen (secondary N) is 1. The Bertz CT molecular complexity index is 883. The fraction of sp³-hybridized carbons (Fsp3) is 0.381. The number of hydrogen-bond acceptors (Lipinski definition) is 3. The van der Waals surface area contributed by atoms with Gasteiger partial charge >= 0.3 is 0 Å². The Hall–Kier alpha value is -2.69. The van der Waals surface area contributed by atoms with Crippen molar-refractivity contribution in [3.63, 3.8) is 0 Å². The number of hydrogen-bond donors (Lipinski definition) is 1. The standard InChI is InChI=1S/C21H26N4O/c1-14(2)10-19(16-8-6-5-7-9-16)24-21(26)18-11-17-13-23-25(15(3)4)20(17)22-12-18/h5-9,11-15,19H,10H2,1-4H3,(H,24,26). The first-order valence-electron chi connectivity index (χ1n) is 9.14. The average molecular weight is 350 g/mol. The fourth-order valence-corrected chi connectivity index (χ4v) is 3.12. The van der Waals surface area contributed by atoms with Crippen molar-refractivity contribution >= 4 is 16.9 Å². The van der Waals surface area contributed by atoms with Gasteiger partial charge in [0.25, 0.3) is 5.91 Å². The summed E-state index contributed by atoms with van der Waals surface area (Å²) in [5.41, 5.74) is 2.49. The molecule has 1 unspecified atom stereocenters. The lowest BCUT2D eigenvalue weighted by molar-refractivity contribution is 0.0931. The van der Waals surface area contributed by atoms with Crippen LogP contribution >= 0.6 is 0 Å². The van der Waals surface area contributed by atoms with Crippen molar-refractivity contribution in [3.8, 4) is 0 Å². The topological polar surface area (TPSA) is 59.8 Å². The molecule has 1 atom stereocenters. The van der Waals surface area contributed by atoms with Gasteiger partial charge in [-0.15, -0.1) is 0 Å². The molecule has 5 nitrogen and oxygen atoms in total. The predicted octanol–water partition coefficient (Wildman–Crippen LogP) is 4.53. The smallest absolute Gasteiger partial charge is 0.253 e. The molecule has 2 heterocycles. The summed E-state index contributed by atoms with van der Waals surface area (Å²) >= 11 is 0. The molecule has 1 amide bonds. The molecule has 0 bridgehead atoms. The summed E-state index contributed by atoms with van der Waals surface area (Å²) in [4.78, 5) is 17.3. The largest absolute Gasteiger partial charge is 0.345 e. The number of benzene rings is 1. The Morgan fingerprint density at radius 1 is 1.12 bits per heavy atom.